The summed E-state index contributed by atoms with van der Waals surface area (Å²) in [5.74, 6) is 0.457. The lowest BCUT2D eigenvalue weighted by atomic mass is 9.92. The van der Waals surface area contributed by atoms with Gasteiger partial charge in [0.1, 0.15) is 11.2 Å². The molecule has 242 valence electrons. The molecule has 52 heavy (non-hydrogen) atoms. The number of fused-ring (bicyclic) bond motifs is 9. The molecule has 4 heteroatoms. The zero-order valence-corrected chi connectivity index (χ0v) is 28.4. The van der Waals surface area contributed by atoms with Gasteiger partial charge in [0.2, 0.25) is 0 Å². The van der Waals surface area contributed by atoms with Gasteiger partial charge in [0.25, 0.3) is 0 Å². The van der Waals surface area contributed by atoms with Crippen molar-refractivity contribution in [3.05, 3.63) is 170 Å². The van der Waals surface area contributed by atoms with Gasteiger partial charge in [-0.3, -0.25) is 0 Å². The van der Waals surface area contributed by atoms with Crippen molar-refractivity contribution in [2.75, 3.05) is 0 Å². The van der Waals surface area contributed by atoms with Crippen LogP contribution in [0.15, 0.2) is 174 Å². The molecule has 0 saturated carbocycles. The molecule has 0 amide bonds. The summed E-state index contributed by atoms with van der Waals surface area (Å²) in [4.78, 5) is 10.7. The maximum atomic E-state index is 9.05. The van der Waals surface area contributed by atoms with Crippen LogP contribution in [0.5, 0.6) is 0 Å². The van der Waals surface area contributed by atoms with E-state index in [9.17, 15) is 0 Å². The fourth-order valence-electron chi connectivity index (χ4n) is 7.56. The van der Waals surface area contributed by atoms with Crippen molar-refractivity contribution in [1.29, 1.82) is 0 Å². The van der Waals surface area contributed by atoms with Crippen LogP contribution in [0, 0.1) is 0 Å². The molecule has 3 aromatic heterocycles. The van der Waals surface area contributed by atoms with Gasteiger partial charge >= 0.3 is 0 Å². The lowest BCUT2D eigenvalue weighted by Crippen LogP contribution is -1.96. The van der Waals surface area contributed by atoms with Crippen molar-refractivity contribution < 1.29 is 9.90 Å². The first-order chi connectivity index (χ1) is 27.4. The van der Waals surface area contributed by atoms with E-state index in [1.807, 2.05) is 42.5 Å². The molecule has 0 aliphatic rings. The molecule has 0 aliphatic carbocycles. The normalized spacial score (nSPS) is 12.9. The molecule has 0 fully saturated rings. The minimum Gasteiger partial charge on any atom is -0.455 e. The Morgan fingerprint density at radius 1 is 0.519 bits per heavy atom. The molecule has 0 atom stereocenters. The summed E-state index contributed by atoms with van der Waals surface area (Å²) in [5, 5.41) is 6.54. The quantitative estimate of drug-likeness (QED) is 0.185. The van der Waals surface area contributed by atoms with Crippen LogP contribution in [0.1, 0.15) is 5.48 Å². The summed E-state index contributed by atoms with van der Waals surface area (Å²) >= 11 is 1.31. The van der Waals surface area contributed by atoms with E-state index in [0.29, 0.717) is 31.8 Å². The number of benzene rings is 8. The van der Waals surface area contributed by atoms with Crippen LogP contribution in [0.3, 0.4) is 0 Å². The predicted octanol–water partition coefficient (Wildman–Crippen LogP) is 13.7. The van der Waals surface area contributed by atoms with Crippen LogP contribution >= 0.6 is 11.3 Å². The highest BCUT2D eigenvalue weighted by atomic mass is 32.1. The van der Waals surface area contributed by atoms with Gasteiger partial charge in [0.15, 0.2) is 5.82 Å². The number of rotatable bonds is 4. The Hall–Kier alpha value is -6.62. The van der Waals surface area contributed by atoms with Crippen LogP contribution in [-0.2, 0) is 0 Å². The highest BCUT2D eigenvalue weighted by molar-refractivity contribution is 7.26. The Morgan fingerprint density at radius 3 is 2.17 bits per heavy atom. The third-order valence-electron chi connectivity index (χ3n) is 10.0. The summed E-state index contributed by atoms with van der Waals surface area (Å²) in [7, 11) is 0. The summed E-state index contributed by atoms with van der Waals surface area (Å²) in [6.07, 6.45) is 0. The molecule has 0 radical (unpaired) electrons. The second kappa shape index (κ2) is 11.5. The van der Waals surface area contributed by atoms with Crippen molar-refractivity contribution in [3.63, 3.8) is 0 Å². The second-order valence-corrected chi connectivity index (χ2v) is 14.0. The molecule has 0 bridgehead atoms. The van der Waals surface area contributed by atoms with E-state index in [0.717, 1.165) is 66.1 Å². The van der Waals surface area contributed by atoms with Crippen molar-refractivity contribution >= 4 is 75.1 Å². The topological polar surface area (TPSA) is 38.9 Å². The largest absolute Gasteiger partial charge is 0.455 e. The van der Waals surface area contributed by atoms with Crippen molar-refractivity contribution in [2.24, 2.45) is 0 Å². The first-order valence-electron chi connectivity index (χ1n) is 19.2. The van der Waals surface area contributed by atoms with Gasteiger partial charge in [-0.15, -0.1) is 11.3 Å². The summed E-state index contributed by atoms with van der Waals surface area (Å²) in [5.41, 5.74) is 8.60. The molecule has 3 heterocycles. The molecule has 0 saturated heterocycles. The zero-order chi connectivity index (χ0) is 37.7. The summed E-state index contributed by atoms with van der Waals surface area (Å²) < 4.78 is 42.7. The fourth-order valence-corrected chi connectivity index (χ4v) is 8.62. The van der Waals surface area contributed by atoms with E-state index >= 15 is 0 Å². The molecule has 0 N–H and O–H groups in total. The number of para-hydroxylation sites is 1. The van der Waals surface area contributed by atoms with Crippen LogP contribution in [0.2, 0.25) is 0 Å². The number of hydrogen-bond acceptors (Lipinski definition) is 4. The SMILES string of the molecule is [2H]c1c([2H])c([2H])c2c(sc3c(-c4ccc(-c5ccc6ccccc6c5)cc4)nc(-c4cc5c6ccccc6oc5c5cccc(-c6ccccc6)c45)nc32)c1[2H]. The molecule has 0 aliphatic heterocycles. The van der Waals surface area contributed by atoms with E-state index in [1.54, 1.807) is 0 Å². The first kappa shape index (κ1) is 25.3. The van der Waals surface area contributed by atoms with Gasteiger partial charge in [-0.2, -0.15) is 0 Å². The summed E-state index contributed by atoms with van der Waals surface area (Å²) in [6.45, 7) is 0. The number of nitrogens with zero attached hydrogens (tertiary/aromatic N) is 2. The van der Waals surface area contributed by atoms with Crippen LogP contribution in [-0.4, -0.2) is 9.97 Å². The monoisotopic (exact) mass is 684 g/mol. The van der Waals surface area contributed by atoms with E-state index in [1.165, 1.54) is 22.1 Å². The van der Waals surface area contributed by atoms with Gasteiger partial charge in [-0.05, 0) is 57.3 Å². The predicted molar refractivity (Wildman–Crippen MR) is 219 cm³/mol. The van der Waals surface area contributed by atoms with Gasteiger partial charge < -0.3 is 4.42 Å². The van der Waals surface area contributed by atoms with Crippen molar-refractivity contribution in [1.82, 2.24) is 9.97 Å². The lowest BCUT2D eigenvalue weighted by Gasteiger charge is -2.14. The Morgan fingerprint density at radius 2 is 1.27 bits per heavy atom. The molecule has 11 aromatic rings. The Labute approximate surface area is 308 Å². The highest BCUT2D eigenvalue weighted by Gasteiger charge is 2.22. The number of thiophene rings is 1. The van der Waals surface area contributed by atoms with E-state index < -0.39 is 0 Å². The van der Waals surface area contributed by atoms with Gasteiger partial charge in [0.05, 0.1) is 21.4 Å². The molecule has 0 unspecified atom stereocenters. The second-order valence-electron chi connectivity index (χ2n) is 13.0. The van der Waals surface area contributed by atoms with Crippen LogP contribution < -0.4 is 0 Å². The fraction of sp³-hybridized carbons (Fsp3) is 0. The third-order valence-corrected chi connectivity index (χ3v) is 11.1. The summed E-state index contributed by atoms with van der Waals surface area (Å²) in [6, 6.07) is 49.0. The molecular formula is C48H28N2OS. The third kappa shape index (κ3) is 4.51. The molecule has 11 rings (SSSR count). The number of hydrogen-bond donors (Lipinski definition) is 0. The van der Waals surface area contributed by atoms with Crippen molar-refractivity contribution in [3.8, 4) is 44.9 Å². The Bertz CT molecular complexity index is 3410. The average Bonchev–Trinajstić information content (AvgIpc) is 3.84. The Balaban J connectivity index is 1.23. The Kier molecular flexibility index (Phi) is 5.58. The van der Waals surface area contributed by atoms with E-state index in [4.69, 9.17) is 19.9 Å². The van der Waals surface area contributed by atoms with Gasteiger partial charge in [0, 0.05) is 42.8 Å². The number of aromatic nitrogens is 2. The van der Waals surface area contributed by atoms with E-state index in [-0.39, 0.29) is 24.2 Å². The lowest BCUT2D eigenvalue weighted by molar-refractivity contribution is 0.672. The molecule has 8 aromatic carbocycles. The zero-order valence-electron chi connectivity index (χ0n) is 31.6. The molecule has 3 nitrogen and oxygen atoms in total. The van der Waals surface area contributed by atoms with Crippen LogP contribution in [0.4, 0.5) is 0 Å². The van der Waals surface area contributed by atoms with E-state index in [2.05, 4.69) is 103 Å². The minimum absolute atomic E-state index is 0.0775. The maximum absolute atomic E-state index is 9.05. The molecular weight excluding hydrogens is 653 g/mol. The first-order valence-corrected chi connectivity index (χ1v) is 18.0. The highest BCUT2D eigenvalue weighted by Crippen LogP contribution is 2.45. The number of furan rings is 1. The maximum Gasteiger partial charge on any atom is 0.161 e. The van der Waals surface area contributed by atoms with Crippen molar-refractivity contribution in [2.45, 2.75) is 0 Å². The van der Waals surface area contributed by atoms with Crippen LogP contribution in [0.25, 0.3) is 109 Å². The average molecular weight is 685 g/mol. The minimum atomic E-state index is -0.285. The smallest absolute Gasteiger partial charge is 0.161 e. The standard InChI is InChI=1S/C48H28N2OS/c1-2-12-31(13-3-1)35-17-10-18-38-43(35)40(28-39-36-15-6-8-19-41(36)51-46(38)39)48-49-44(47-45(50-48)37-16-7-9-20-42(37)52-47)32-24-21-30(22-25-32)34-26-23-29-11-4-5-14-33(29)27-34/h1-28H/i7D,9D,16D,20D. The molecule has 0 spiro atoms. The van der Waals surface area contributed by atoms with Gasteiger partial charge in [-0.25, -0.2) is 9.97 Å². The van der Waals surface area contributed by atoms with Gasteiger partial charge in [-0.1, -0.05) is 146 Å².